The van der Waals surface area contributed by atoms with Gasteiger partial charge in [0.05, 0.1) is 18.6 Å². The number of hydrogen-bond donors (Lipinski definition) is 1. The zero-order valence-electron chi connectivity index (χ0n) is 13.1. The zero-order valence-corrected chi connectivity index (χ0v) is 13.9. The van der Waals surface area contributed by atoms with Gasteiger partial charge in [-0.2, -0.15) is 10.1 Å². The molecule has 1 aliphatic rings. The number of carbonyl (C=O) groups is 1. The SMILES string of the molecule is Cn1cc(C2CCCCN2C(=O)c2nc(Cl)nc3nc[nH]c23)cn1. The second-order valence-electron chi connectivity index (χ2n) is 5.90. The number of H-pyrrole nitrogens is 1. The van der Waals surface area contributed by atoms with Crippen LogP contribution in [0.1, 0.15) is 41.4 Å². The van der Waals surface area contributed by atoms with Crippen molar-refractivity contribution in [2.45, 2.75) is 25.3 Å². The van der Waals surface area contributed by atoms with Crippen LogP contribution in [0, 0.1) is 0 Å². The molecular weight excluding hydrogens is 330 g/mol. The van der Waals surface area contributed by atoms with Crippen LogP contribution in [0.4, 0.5) is 0 Å². The second-order valence-corrected chi connectivity index (χ2v) is 6.24. The summed E-state index contributed by atoms with van der Waals surface area (Å²) in [5.41, 5.74) is 2.21. The average Bonchev–Trinajstić information content (AvgIpc) is 3.22. The number of imidazole rings is 1. The highest BCUT2D eigenvalue weighted by molar-refractivity contribution is 6.28. The Balaban J connectivity index is 1.74. The normalized spacial score (nSPS) is 18.2. The molecule has 3 aromatic heterocycles. The van der Waals surface area contributed by atoms with Crippen molar-refractivity contribution in [1.82, 2.24) is 34.6 Å². The van der Waals surface area contributed by atoms with E-state index in [9.17, 15) is 4.79 Å². The van der Waals surface area contributed by atoms with Crippen molar-refractivity contribution < 1.29 is 4.79 Å². The molecule has 1 fully saturated rings. The summed E-state index contributed by atoms with van der Waals surface area (Å²) in [5, 5.41) is 4.25. The van der Waals surface area contributed by atoms with E-state index in [2.05, 4.69) is 25.0 Å². The molecule has 1 amide bonds. The van der Waals surface area contributed by atoms with Crippen LogP contribution in [0.3, 0.4) is 0 Å². The maximum atomic E-state index is 13.2. The molecular formula is C15H16ClN7O. The van der Waals surface area contributed by atoms with Crippen LogP contribution >= 0.6 is 11.6 Å². The molecule has 4 rings (SSSR count). The molecule has 24 heavy (non-hydrogen) atoms. The molecule has 0 aromatic carbocycles. The lowest BCUT2D eigenvalue weighted by molar-refractivity contribution is 0.0607. The lowest BCUT2D eigenvalue weighted by Gasteiger charge is -2.35. The quantitative estimate of drug-likeness (QED) is 0.718. The number of halogens is 1. The maximum absolute atomic E-state index is 13.2. The van der Waals surface area contributed by atoms with E-state index in [1.807, 2.05) is 24.3 Å². The van der Waals surface area contributed by atoms with Gasteiger partial charge in [-0.15, -0.1) is 0 Å². The van der Waals surface area contributed by atoms with Crippen LogP contribution < -0.4 is 0 Å². The van der Waals surface area contributed by atoms with Crippen molar-refractivity contribution in [1.29, 1.82) is 0 Å². The van der Waals surface area contributed by atoms with E-state index in [-0.39, 0.29) is 22.9 Å². The lowest BCUT2D eigenvalue weighted by atomic mass is 9.97. The van der Waals surface area contributed by atoms with Crippen LogP contribution in [0.15, 0.2) is 18.7 Å². The fourth-order valence-corrected chi connectivity index (χ4v) is 3.40. The summed E-state index contributed by atoms with van der Waals surface area (Å²) in [6.45, 7) is 0.676. The van der Waals surface area contributed by atoms with Crippen molar-refractivity contribution in [3.63, 3.8) is 0 Å². The molecule has 124 valence electrons. The third kappa shape index (κ3) is 2.52. The van der Waals surface area contributed by atoms with Gasteiger partial charge in [-0.25, -0.2) is 9.97 Å². The van der Waals surface area contributed by atoms with E-state index in [1.54, 1.807) is 4.68 Å². The number of fused-ring (bicyclic) bond motifs is 1. The molecule has 1 N–H and O–H groups in total. The van der Waals surface area contributed by atoms with Crippen molar-refractivity contribution in [2.24, 2.45) is 7.05 Å². The Labute approximate surface area is 142 Å². The number of likely N-dealkylation sites (tertiary alicyclic amines) is 1. The number of aromatic nitrogens is 6. The molecule has 9 heteroatoms. The minimum Gasteiger partial charge on any atom is -0.341 e. The summed E-state index contributed by atoms with van der Waals surface area (Å²) in [5.74, 6) is -0.165. The van der Waals surface area contributed by atoms with Gasteiger partial charge in [0.25, 0.3) is 5.91 Å². The summed E-state index contributed by atoms with van der Waals surface area (Å²) in [7, 11) is 1.87. The van der Waals surface area contributed by atoms with Gasteiger partial charge in [-0.1, -0.05) is 0 Å². The molecule has 0 spiro atoms. The number of aromatic amines is 1. The van der Waals surface area contributed by atoms with E-state index in [1.165, 1.54) is 6.33 Å². The first-order chi connectivity index (χ1) is 11.6. The van der Waals surface area contributed by atoms with Gasteiger partial charge < -0.3 is 9.88 Å². The predicted molar refractivity (Wildman–Crippen MR) is 87.5 cm³/mol. The first-order valence-electron chi connectivity index (χ1n) is 7.79. The molecule has 0 saturated carbocycles. The minimum absolute atomic E-state index is 0.00772. The Morgan fingerprint density at radius 2 is 2.25 bits per heavy atom. The highest BCUT2D eigenvalue weighted by Crippen LogP contribution is 2.32. The second kappa shape index (κ2) is 5.86. The van der Waals surface area contributed by atoms with Gasteiger partial charge in [-0.3, -0.25) is 9.48 Å². The van der Waals surface area contributed by atoms with Gasteiger partial charge in [0.2, 0.25) is 5.28 Å². The predicted octanol–water partition coefficient (Wildman–Crippen LogP) is 2.11. The van der Waals surface area contributed by atoms with E-state index in [4.69, 9.17) is 11.6 Å². The Kier molecular flexibility index (Phi) is 3.68. The fraction of sp³-hybridized carbons (Fsp3) is 0.400. The number of amides is 1. The maximum Gasteiger partial charge on any atom is 0.275 e. The monoisotopic (exact) mass is 345 g/mol. The smallest absolute Gasteiger partial charge is 0.275 e. The summed E-state index contributed by atoms with van der Waals surface area (Å²) >= 11 is 5.96. The van der Waals surface area contributed by atoms with E-state index in [0.717, 1.165) is 24.8 Å². The first-order valence-corrected chi connectivity index (χ1v) is 8.17. The number of rotatable bonds is 2. The molecule has 1 atom stereocenters. The topological polar surface area (TPSA) is 92.6 Å². The standard InChI is InChI=1S/C15H16ClN7O/c1-22-7-9(6-19-22)10-4-2-3-5-23(10)14(24)12-11-13(18-8-17-11)21-15(16)20-12/h6-8,10H,2-5H2,1H3,(H,17,18,20,21). The molecule has 8 nitrogen and oxygen atoms in total. The van der Waals surface area contributed by atoms with Gasteiger partial charge in [0, 0.05) is 25.4 Å². The van der Waals surface area contributed by atoms with E-state index >= 15 is 0 Å². The van der Waals surface area contributed by atoms with Crippen LogP contribution in [-0.4, -0.2) is 47.1 Å². The number of nitrogens with zero attached hydrogens (tertiary/aromatic N) is 6. The van der Waals surface area contributed by atoms with Gasteiger partial charge in [0.1, 0.15) is 5.52 Å². The molecule has 0 bridgehead atoms. The molecule has 0 aliphatic carbocycles. The Morgan fingerprint density at radius 3 is 3.04 bits per heavy atom. The number of carbonyl (C=O) groups excluding carboxylic acids is 1. The Hall–Kier alpha value is -2.48. The summed E-state index contributed by atoms with van der Waals surface area (Å²) < 4.78 is 1.75. The first kappa shape index (κ1) is 15.1. The molecule has 4 heterocycles. The van der Waals surface area contributed by atoms with Gasteiger partial charge in [-0.05, 0) is 30.9 Å². The lowest BCUT2D eigenvalue weighted by Crippen LogP contribution is -2.39. The highest BCUT2D eigenvalue weighted by Gasteiger charge is 2.31. The largest absolute Gasteiger partial charge is 0.341 e. The molecule has 1 saturated heterocycles. The average molecular weight is 346 g/mol. The summed E-state index contributed by atoms with van der Waals surface area (Å²) in [4.78, 5) is 30.2. The van der Waals surface area contributed by atoms with Crippen LogP contribution in [-0.2, 0) is 7.05 Å². The molecule has 1 unspecified atom stereocenters. The molecule has 1 aliphatic heterocycles. The molecule has 3 aromatic rings. The van der Waals surface area contributed by atoms with Gasteiger partial charge in [0.15, 0.2) is 11.3 Å². The van der Waals surface area contributed by atoms with E-state index < -0.39 is 0 Å². The third-order valence-corrected chi connectivity index (χ3v) is 4.50. The minimum atomic E-state index is -0.165. The van der Waals surface area contributed by atoms with Crippen molar-refractivity contribution in [2.75, 3.05) is 6.54 Å². The van der Waals surface area contributed by atoms with Crippen molar-refractivity contribution in [3.8, 4) is 0 Å². The number of nitrogens with one attached hydrogen (secondary N) is 1. The summed E-state index contributed by atoms with van der Waals surface area (Å²) in [6, 6.07) is -0.00772. The van der Waals surface area contributed by atoms with Crippen LogP contribution in [0.2, 0.25) is 5.28 Å². The number of hydrogen-bond acceptors (Lipinski definition) is 5. The Bertz CT molecular complexity index is 902. The van der Waals surface area contributed by atoms with Crippen molar-refractivity contribution >= 4 is 28.7 Å². The zero-order chi connectivity index (χ0) is 16.7. The van der Waals surface area contributed by atoms with Gasteiger partial charge >= 0.3 is 0 Å². The fourth-order valence-electron chi connectivity index (χ4n) is 3.23. The number of piperidine rings is 1. The van der Waals surface area contributed by atoms with E-state index in [0.29, 0.717) is 17.7 Å². The third-order valence-electron chi connectivity index (χ3n) is 4.33. The van der Waals surface area contributed by atoms with Crippen LogP contribution in [0.25, 0.3) is 11.2 Å². The Morgan fingerprint density at radius 1 is 1.38 bits per heavy atom. The summed E-state index contributed by atoms with van der Waals surface area (Å²) in [6.07, 6.45) is 8.20. The highest BCUT2D eigenvalue weighted by atomic mass is 35.5. The van der Waals surface area contributed by atoms with Crippen molar-refractivity contribution in [3.05, 3.63) is 35.3 Å². The molecule has 0 radical (unpaired) electrons. The van der Waals surface area contributed by atoms with Crippen LogP contribution in [0.5, 0.6) is 0 Å². The number of aryl methyl sites for hydroxylation is 1.